The maximum absolute atomic E-state index is 13.0. The molecule has 212 valence electrons. The summed E-state index contributed by atoms with van der Waals surface area (Å²) >= 11 is 0. The third kappa shape index (κ3) is 7.07. The zero-order chi connectivity index (χ0) is 28.6. The van der Waals surface area contributed by atoms with Crippen molar-refractivity contribution in [2.75, 3.05) is 19.6 Å². The van der Waals surface area contributed by atoms with E-state index in [1.165, 1.54) is 5.56 Å². The van der Waals surface area contributed by atoms with Gasteiger partial charge in [-0.05, 0) is 86.3 Å². The van der Waals surface area contributed by atoms with Gasteiger partial charge in [0.05, 0.1) is 12.0 Å². The SMILES string of the molecule is NCCCCc1cc(-c2cc3cn(-c4ccc(CNCCCN=C(N)N)cc4)c(=O)nc3[nH]2)cc(-n2ccnc2)c1. The first-order chi connectivity index (χ1) is 20.0. The maximum atomic E-state index is 13.0. The highest BCUT2D eigenvalue weighted by molar-refractivity contribution is 5.83. The summed E-state index contributed by atoms with van der Waals surface area (Å²) in [6, 6.07) is 16.4. The van der Waals surface area contributed by atoms with Crippen molar-refractivity contribution in [3.05, 3.63) is 95.1 Å². The van der Waals surface area contributed by atoms with Crippen molar-refractivity contribution >= 4 is 17.0 Å². The van der Waals surface area contributed by atoms with Gasteiger partial charge >= 0.3 is 5.69 Å². The fourth-order valence-corrected chi connectivity index (χ4v) is 4.76. The lowest BCUT2D eigenvalue weighted by Gasteiger charge is -2.10. The summed E-state index contributed by atoms with van der Waals surface area (Å²) in [6.07, 6.45) is 11.1. The first-order valence-corrected chi connectivity index (χ1v) is 13.8. The van der Waals surface area contributed by atoms with Crippen molar-refractivity contribution in [2.45, 2.75) is 32.2 Å². The standard InChI is InChI=1S/C30H36N10O/c31-9-2-1-4-22-14-23(16-26(15-22)39-13-12-35-20-39)27-17-24-19-40(30(41)38-28(24)37-27)25-7-5-21(6-8-25)18-34-10-3-11-36-29(32)33/h5-8,12-17,19-20,34H,1-4,9-11,18,31H2,(H4,32,33,36)(H,37,38,41). The van der Waals surface area contributed by atoms with Gasteiger partial charge in [-0.2, -0.15) is 4.98 Å². The monoisotopic (exact) mass is 552 g/mol. The average molecular weight is 553 g/mol. The molecule has 0 aliphatic heterocycles. The summed E-state index contributed by atoms with van der Waals surface area (Å²) < 4.78 is 3.57. The lowest BCUT2D eigenvalue weighted by Crippen LogP contribution is -2.23. The number of aryl methyl sites for hydroxylation is 1. The van der Waals surface area contributed by atoms with Crippen molar-refractivity contribution in [3.8, 4) is 22.6 Å². The Labute approximate surface area is 238 Å². The molecule has 0 saturated carbocycles. The number of rotatable bonds is 13. The third-order valence-electron chi connectivity index (χ3n) is 6.87. The van der Waals surface area contributed by atoms with Crippen LogP contribution in [0.5, 0.6) is 0 Å². The molecule has 0 aliphatic carbocycles. The Balaban J connectivity index is 1.36. The molecule has 5 rings (SSSR count). The molecule has 0 amide bonds. The zero-order valence-corrected chi connectivity index (χ0v) is 23.0. The van der Waals surface area contributed by atoms with E-state index in [0.717, 1.165) is 65.8 Å². The molecule has 3 heterocycles. The number of aliphatic imine (C=N–C) groups is 1. The van der Waals surface area contributed by atoms with Crippen LogP contribution in [0.25, 0.3) is 33.7 Å². The molecule has 0 unspecified atom stereocenters. The van der Waals surface area contributed by atoms with Crippen molar-refractivity contribution in [1.82, 2.24) is 29.4 Å². The Morgan fingerprint density at radius 1 is 1.00 bits per heavy atom. The molecule has 3 aromatic heterocycles. The van der Waals surface area contributed by atoms with Crippen LogP contribution in [0, 0.1) is 0 Å². The molecule has 0 atom stereocenters. The number of H-pyrrole nitrogens is 1. The number of aromatic amines is 1. The Hall–Kier alpha value is -4.74. The zero-order valence-electron chi connectivity index (χ0n) is 23.0. The number of nitrogens with one attached hydrogen (secondary N) is 2. The predicted octanol–water partition coefficient (Wildman–Crippen LogP) is 2.60. The van der Waals surface area contributed by atoms with E-state index < -0.39 is 0 Å². The first-order valence-electron chi connectivity index (χ1n) is 13.8. The quantitative estimate of drug-likeness (QED) is 0.0849. The fraction of sp³-hybridized carbons (Fsp3) is 0.267. The second kappa shape index (κ2) is 13.1. The van der Waals surface area contributed by atoms with Gasteiger partial charge in [0, 0.05) is 54.0 Å². The van der Waals surface area contributed by atoms with Crippen molar-refractivity contribution < 1.29 is 0 Å². The van der Waals surface area contributed by atoms with E-state index in [2.05, 4.69) is 43.5 Å². The van der Waals surface area contributed by atoms with E-state index in [0.29, 0.717) is 25.3 Å². The lowest BCUT2D eigenvalue weighted by atomic mass is 10.0. The van der Waals surface area contributed by atoms with E-state index in [9.17, 15) is 4.79 Å². The van der Waals surface area contributed by atoms with Crippen LogP contribution >= 0.6 is 0 Å². The Kier molecular flexibility index (Phi) is 8.87. The minimum Gasteiger partial charge on any atom is -0.370 e. The number of nitrogens with two attached hydrogens (primary N) is 3. The van der Waals surface area contributed by atoms with Crippen LogP contribution in [0.2, 0.25) is 0 Å². The molecule has 11 nitrogen and oxygen atoms in total. The number of hydrogen-bond acceptors (Lipinski definition) is 6. The minimum atomic E-state index is -0.342. The van der Waals surface area contributed by atoms with Crippen molar-refractivity contribution in [3.63, 3.8) is 0 Å². The molecule has 0 aliphatic rings. The molecule has 8 N–H and O–H groups in total. The number of fused-ring (bicyclic) bond motifs is 1. The highest BCUT2D eigenvalue weighted by atomic mass is 16.1. The number of hydrogen-bond donors (Lipinski definition) is 5. The second-order valence-electron chi connectivity index (χ2n) is 9.99. The average Bonchev–Trinajstić information content (AvgIpc) is 3.65. The van der Waals surface area contributed by atoms with Crippen LogP contribution < -0.4 is 28.2 Å². The smallest absolute Gasteiger partial charge is 0.354 e. The fourth-order valence-electron chi connectivity index (χ4n) is 4.76. The molecule has 2 aromatic carbocycles. The molecule has 0 spiro atoms. The molecular formula is C30H36N10O. The molecule has 0 bridgehead atoms. The number of aromatic nitrogens is 5. The molecule has 11 heteroatoms. The van der Waals surface area contributed by atoms with Gasteiger partial charge in [-0.25, -0.2) is 9.78 Å². The van der Waals surface area contributed by atoms with Crippen LogP contribution in [0.15, 0.2) is 83.2 Å². The molecule has 0 saturated heterocycles. The van der Waals surface area contributed by atoms with Crippen LogP contribution in [-0.2, 0) is 13.0 Å². The summed E-state index contributed by atoms with van der Waals surface area (Å²) in [6.45, 7) is 2.79. The van der Waals surface area contributed by atoms with Gasteiger partial charge in [0.2, 0.25) is 0 Å². The van der Waals surface area contributed by atoms with Gasteiger partial charge in [0.1, 0.15) is 5.65 Å². The number of benzene rings is 2. The number of guanidine groups is 1. The third-order valence-corrected chi connectivity index (χ3v) is 6.87. The summed E-state index contributed by atoms with van der Waals surface area (Å²) in [4.78, 5) is 28.8. The van der Waals surface area contributed by atoms with Crippen LogP contribution in [0.3, 0.4) is 0 Å². The second-order valence-corrected chi connectivity index (χ2v) is 9.99. The van der Waals surface area contributed by atoms with Crippen LogP contribution in [0.1, 0.15) is 30.4 Å². The highest BCUT2D eigenvalue weighted by Crippen LogP contribution is 2.27. The molecule has 0 fully saturated rings. The highest BCUT2D eigenvalue weighted by Gasteiger charge is 2.11. The van der Waals surface area contributed by atoms with E-state index in [-0.39, 0.29) is 11.6 Å². The lowest BCUT2D eigenvalue weighted by molar-refractivity contribution is 0.655. The van der Waals surface area contributed by atoms with Gasteiger partial charge in [0.25, 0.3) is 0 Å². The van der Waals surface area contributed by atoms with Crippen LogP contribution in [0.4, 0.5) is 0 Å². The number of nitrogens with zero attached hydrogens (tertiary/aromatic N) is 5. The van der Waals surface area contributed by atoms with Gasteiger partial charge in [-0.3, -0.25) is 9.56 Å². The minimum absolute atomic E-state index is 0.113. The van der Waals surface area contributed by atoms with Crippen LogP contribution in [-0.4, -0.2) is 49.7 Å². The van der Waals surface area contributed by atoms with Gasteiger partial charge in [-0.1, -0.05) is 12.1 Å². The number of unbranched alkanes of at least 4 members (excludes halogenated alkanes) is 1. The van der Waals surface area contributed by atoms with Gasteiger partial charge in [-0.15, -0.1) is 0 Å². The van der Waals surface area contributed by atoms with E-state index >= 15 is 0 Å². The molecule has 0 radical (unpaired) electrons. The molecule has 5 aromatic rings. The normalized spacial score (nSPS) is 11.2. The van der Waals surface area contributed by atoms with E-state index in [1.807, 2.05) is 47.3 Å². The van der Waals surface area contributed by atoms with Crippen molar-refractivity contribution in [2.24, 2.45) is 22.2 Å². The Bertz CT molecular complexity index is 1660. The van der Waals surface area contributed by atoms with Gasteiger partial charge < -0.3 is 32.1 Å². The van der Waals surface area contributed by atoms with E-state index in [4.69, 9.17) is 17.2 Å². The van der Waals surface area contributed by atoms with Crippen molar-refractivity contribution in [1.29, 1.82) is 0 Å². The molecular weight excluding hydrogens is 516 g/mol. The largest absolute Gasteiger partial charge is 0.370 e. The number of imidazole rings is 1. The Morgan fingerprint density at radius 3 is 2.61 bits per heavy atom. The van der Waals surface area contributed by atoms with Gasteiger partial charge in [0.15, 0.2) is 5.96 Å². The first kappa shape index (κ1) is 27.8. The summed E-state index contributed by atoms with van der Waals surface area (Å²) in [7, 11) is 0. The summed E-state index contributed by atoms with van der Waals surface area (Å²) in [5.74, 6) is 0.113. The Morgan fingerprint density at radius 2 is 1.85 bits per heavy atom. The predicted molar refractivity (Wildman–Crippen MR) is 163 cm³/mol. The maximum Gasteiger partial charge on any atom is 0.354 e. The molecule has 41 heavy (non-hydrogen) atoms. The summed E-state index contributed by atoms with van der Waals surface area (Å²) in [5, 5.41) is 4.22. The summed E-state index contributed by atoms with van der Waals surface area (Å²) in [5.41, 5.74) is 22.6. The van der Waals surface area contributed by atoms with E-state index in [1.54, 1.807) is 17.1 Å². The topological polar surface area (TPSA) is 171 Å².